The second-order valence-corrected chi connectivity index (χ2v) is 4.21. The maximum Gasteiger partial charge on any atom is 0.142 e. The Hall–Kier alpha value is -0.600. The molecule has 0 heterocycles. The Kier molecular flexibility index (Phi) is 2.64. The maximum absolute atomic E-state index is 13.0. The summed E-state index contributed by atoms with van der Waals surface area (Å²) in [5.41, 5.74) is 7.11. The normalized spacial score (nSPS) is 11.8. The van der Waals surface area contributed by atoms with Crippen molar-refractivity contribution in [1.82, 2.24) is 0 Å². The van der Waals surface area contributed by atoms with Crippen LogP contribution in [0.15, 0.2) is 12.1 Å². The van der Waals surface area contributed by atoms with Crippen LogP contribution in [0.1, 0.15) is 25.0 Å². The van der Waals surface area contributed by atoms with Gasteiger partial charge in [0.15, 0.2) is 0 Å². The number of benzene rings is 1. The lowest BCUT2D eigenvalue weighted by Gasteiger charge is -2.22. The highest BCUT2D eigenvalue weighted by Crippen LogP contribution is 2.26. The first kappa shape index (κ1) is 10.5. The van der Waals surface area contributed by atoms with Gasteiger partial charge in [-0.3, -0.25) is 0 Å². The molecule has 13 heavy (non-hydrogen) atoms. The van der Waals surface area contributed by atoms with E-state index in [1.165, 1.54) is 6.07 Å². The monoisotopic (exact) mass is 201 g/mol. The Balaban J connectivity index is 3.32. The van der Waals surface area contributed by atoms with Crippen LogP contribution >= 0.6 is 11.6 Å². The lowest BCUT2D eigenvalue weighted by atomic mass is 9.91. The Morgan fingerprint density at radius 2 is 1.92 bits per heavy atom. The van der Waals surface area contributed by atoms with Gasteiger partial charge in [0.1, 0.15) is 5.82 Å². The van der Waals surface area contributed by atoms with E-state index < -0.39 is 11.4 Å². The number of hydrogen-bond donors (Lipinski definition) is 1. The maximum atomic E-state index is 13.0. The first-order valence-electron chi connectivity index (χ1n) is 4.07. The second kappa shape index (κ2) is 3.28. The summed E-state index contributed by atoms with van der Waals surface area (Å²) in [4.78, 5) is 0. The van der Waals surface area contributed by atoms with Crippen LogP contribution in [0.25, 0.3) is 0 Å². The SMILES string of the molecule is Cc1cc(F)c(Cl)cc1C(C)(C)N. The summed E-state index contributed by atoms with van der Waals surface area (Å²) in [5.74, 6) is -0.396. The quantitative estimate of drug-likeness (QED) is 0.743. The van der Waals surface area contributed by atoms with Crippen LogP contribution in [-0.4, -0.2) is 0 Å². The van der Waals surface area contributed by atoms with E-state index in [2.05, 4.69) is 0 Å². The van der Waals surface area contributed by atoms with Gasteiger partial charge in [-0.2, -0.15) is 0 Å². The van der Waals surface area contributed by atoms with E-state index in [9.17, 15) is 4.39 Å². The van der Waals surface area contributed by atoms with Crippen molar-refractivity contribution < 1.29 is 4.39 Å². The molecule has 0 aliphatic rings. The molecular formula is C10H13ClFN. The molecule has 1 aromatic rings. The molecule has 0 aromatic heterocycles. The van der Waals surface area contributed by atoms with E-state index in [0.717, 1.165) is 11.1 Å². The molecule has 0 radical (unpaired) electrons. The molecule has 0 bridgehead atoms. The molecule has 0 amide bonds. The van der Waals surface area contributed by atoms with Crippen LogP contribution in [0.2, 0.25) is 5.02 Å². The van der Waals surface area contributed by atoms with Crippen LogP contribution in [0.3, 0.4) is 0 Å². The fourth-order valence-electron chi connectivity index (χ4n) is 1.34. The summed E-state index contributed by atoms with van der Waals surface area (Å²) in [6, 6.07) is 3.00. The highest BCUT2D eigenvalue weighted by molar-refractivity contribution is 6.30. The van der Waals surface area contributed by atoms with Gasteiger partial charge in [-0.15, -0.1) is 0 Å². The van der Waals surface area contributed by atoms with Crippen LogP contribution in [0, 0.1) is 12.7 Å². The molecule has 1 aromatic carbocycles. The number of nitrogens with two attached hydrogens (primary N) is 1. The predicted molar refractivity (Wildman–Crippen MR) is 53.4 cm³/mol. The topological polar surface area (TPSA) is 26.0 Å². The molecule has 0 aliphatic heterocycles. The molecule has 3 heteroatoms. The van der Waals surface area contributed by atoms with E-state index in [1.807, 2.05) is 20.8 Å². The minimum Gasteiger partial charge on any atom is -0.322 e. The Labute approximate surface area is 82.7 Å². The van der Waals surface area contributed by atoms with Crippen molar-refractivity contribution in [3.05, 3.63) is 34.1 Å². The van der Waals surface area contributed by atoms with Crippen LogP contribution in [-0.2, 0) is 5.54 Å². The lowest BCUT2D eigenvalue weighted by Crippen LogP contribution is -2.29. The van der Waals surface area contributed by atoms with Gasteiger partial charge in [0, 0.05) is 5.54 Å². The highest BCUT2D eigenvalue weighted by atomic mass is 35.5. The van der Waals surface area contributed by atoms with Gasteiger partial charge in [-0.1, -0.05) is 11.6 Å². The molecule has 0 spiro atoms. The third-order valence-corrected chi connectivity index (χ3v) is 2.25. The first-order chi connectivity index (χ1) is 5.82. The van der Waals surface area contributed by atoms with Gasteiger partial charge >= 0.3 is 0 Å². The fourth-order valence-corrected chi connectivity index (χ4v) is 1.50. The predicted octanol–water partition coefficient (Wildman–Crippen LogP) is 2.98. The largest absolute Gasteiger partial charge is 0.322 e. The Morgan fingerprint density at radius 3 is 2.38 bits per heavy atom. The number of halogens is 2. The van der Waals surface area contributed by atoms with E-state index in [0.29, 0.717) is 0 Å². The van der Waals surface area contributed by atoms with Crippen molar-refractivity contribution in [3.63, 3.8) is 0 Å². The first-order valence-corrected chi connectivity index (χ1v) is 4.45. The van der Waals surface area contributed by atoms with Crippen LogP contribution in [0.4, 0.5) is 4.39 Å². The van der Waals surface area contributed by atoms with E-state index in [4.69, 9.17) is 17.3 Å². The van der Waals surface area contributed by atoms with Gasteiger partial charge in [0.25, 0.3) is 0 Å². The van der Waals surface area contributed by atoms with Gasteiger partial charge < -0.3 is 5.73 Å². The van der Waals surface area contributed by atoms with Crippen molar-refractivity contribution in [2.45, 2.75) is 26.3 Å². The van der Waals surface area contributed by atoms with E-state index in [-0.39, 0.29) is 5.02 Å². The van der Waals surface area contributed by atoms with Crippen molar-refractivity contribution in [2.24, 2.45) is 5.73 Å². The van der Waals surface area contributed by atoms with Gasteiger partial charge in [-0.05, 0) is 44.0 Å². The van der Waals surface area contributed by atoms with Gasteiger partial charge in [-0.25, -0.2) is 4.39 Å². The van der Waals surface area contributed by atoms with Crippen molar-refractivity contribution >= 4 is 11.6 Å². The van der Waals surface area contributed by atoms with Crippen LogP contribution < -0.4 is 5.73 Å². The summed E-state index contributed by atoms with van der Waals surface area (Å²) in [6.07, 6.45) is 0. The Bertz CT molecular complexity index is 328. The zero-order valence-corrected chi connectivity index (χ0v) is 8.74. The molecule has 0 fully saturated rings. The lowest BCUT2D eigenvalue weighted by molar-refractivity contribution is 0.546. The highest BCUT2D eigenvalue weighted by Gasteiger charge is 2.18. The van der Waals surface area contributed by atoms with Gasteiger partial charge in [0.05, 0.1) is 5.02 Å². The second-order valence-electron chi connectivity index (χ2n) is 3.80. The van der Waals surface area contributed by atoms with E-state index >= 15 is 0 Å². The van der Waals surface area contributed by atoms with Crippen LogP contribution in [0.5, 0.6) is 0 Å². The smallest absolute Gasteiger partial charge is 0.142 e. The van der Waals surface area contributed by atoms with E-state index in [1.54, 1.807) is 6.07 Å². The third-order valence-electron chi connectivity index (χ3n) is 1.96. The van der Waals surface area contributed by atoms with Crippen molar-refractivity contribution in [3.8, 4) is 0 Å². The minimum absolute atomic E-state index is 0.124. The molecule has 2 N–H and O–H groups in total. The molecule has 0 saturated carbocycles. The number of hydrogen-bond acceptors (Lipinski definition) is 1. The molecular weight excluding hydrogens is 189 g/mol. The molecule has 1 rings (SSSR count). The zero-order chi connectivity index (χ0) is 10.2. The Morgan fingerprint density at radius 1 is 1.38 bits per heavy atom. The summed E-state index contributed by atoms with van der Waals surface area (Å²) in [5, 5.41) is 0.124. The molecule has 0 saturated heterocycles. The van der Waals surface area contributed by atoms with Crippen molar-refractivity contribution in [1.29, 1.82) is 0 Å². The molecule has 1 nitrogen and oxygen atoms in total. The zero-order valence-electron chi connectivity index (χ0n) is 7.99. The third kappa shape index (κ3) is 2.20. The fraction of sp³-hybridized carbons (Fsp3) is 0.400. The molecule has 0 aliphatic carbocycles. The standard InChI is InChI=1S/C10H13ClFN/c1-6-4-9(12)8(11)5-7(6)10(2,3)13/h4-5H,13H2,1-3H3. The van der Waals surface area contributed by atoms with Crippen molar-refractivity contribution in [2.75, 3.05) is 0 Å². The summed E-state index contributed by atoms with van der Waals surface area (Å²) in [6.45, 7) is 5.55. The summed E-state index contributed by atoms with van der Waals surface area (Å²) in [7, 11) is 0. The average molecular weight is 202 g/mol. The van der Waals surface area contributed by atoms with Gasteiger partial charge in [0.2, 0.25) is 0 Å². The summed E-state index contributed by atoms with van der Waals surface area (Å²) >= 11 is 5.66. The minimum atomic E-state index is -0.485. The molecule has 0 unspecified atom stereocenters. The molecule has 72 valence electrons. The number of rotatable bonds is 1. The number of aryl methyl sites for hydroxylation is 1. The average Bonchev–Trinajstić information content (AvgIpc) is 1.94. The summed E-state index contributed by atoms with van der Waals surface area (Å²) < 4.78 is 13.0. The molecule has 0 atom stereocenters.